The van der Waals surface area contributed by atoms with Gasteiger partial charge < -0.3 is 25.5 Å². The summed E-state index contributed by atoms with van der Waals surface area (Å²) in [4.78, 5) is 22.5. The highest BCUT2D eigenvalue weighted by molar-refractivity contribution is 6.06. The molecule has 1 aromatic carbocycles. The molecule has 2 aliphatic heterocycles. The van der Waals surface area contributed by atoms with Gasteiger partial charge in [-0.15, -0.1) is 0 Å². The lowest BCUT2D eigenvalue weighted by atomic mass is 9.93. The summed E-state index contributed by atoms with van der Waals surface area (Å²) in [6.07, 6.45) is 4.49. The summed E-state index contributed by atoms with van der Waals surface area (Å²) in [5.74, 6) is -1.51. The number of hydrogen-bond donors (Lipinski definition) is 3. The quantitative estimate of drug-likeness (QED) is 0.445. The molecule has 38 heavy (non-hydrogen) atoms. The Hall–Kier alpha value is -2.94. The molecule has 3 fully saturated rings. The number of aryl methyl sites for hydroxylation is 1. The fraction of sp³-hybridized carbons (Fsp3) is 0.586. The molecule has 3 N–H and O–H groups in total. The molecule has 1 saturated carbocycles. The van der Waals surface area contributed by atoms with Crippen molar-refractivity contribution in [3.63, 3.8) is 0 Å². The summed E-state index contributed by atoms with van der Waals surface area (Å²) in [6, 6.07) is 9.23. The lowest BCUT2D eigenvalue weighted by molar-refractivity contribution is -0.0220. The van der Waals surface area contributed by atoms with Gasteiger partial charge in [-0.3, -0.25) is 4.79 Å². The van der Waals surface area contributed by atoms with Gasteiger partial charge in [-0.1, -0.05) is 0 Å². The second kappa shape index (κ2) is 9.98. The van der Waals surface area contributed by atoms with Crippen LogP contribution in [0, 0.1) is 12.3 Å². The molecule has 1 spiro atoms. The van der Waals surface area contributed by atoms with E-state index in [2.05, 4.69) is 15.5 Å². The van der Waals surface area contributed by atoms with E-state index in [-0.39, 0.29) is 38.4 Å². The molecule has 2 saturated heterocycles. The highest BCUT2D eigenvalue weighted by Gasteiger charge is 2.45. The Morgan fingerprint density at radius 2 is 1.66 bits per heavy atom. The summed E-state index contributed by atoms with van der Waals surface area (Å²) < 4.78 is 27.4. The summed E-state index contributed by atoms with van der Waals surface area (Å²) in [5, 5.41) is 16.1. The highest BCUT2D eigenvalue weighted by atomic mass is 19.3. The Bertz CT molecular complexity index is 1180. The van der Waals surface area contributed by atoms with Gasteiger partial charge in [0.05, 0.1) is 17.8 Å². The molecule has 0 bridgehead atoms. The van der Waals surface area contributed by atoms with Crippen LogP contribution in [0.4, 0.5) is 31.8 Å². The maximum atomic E-state index is 13.7. The molecule has 1 aliphatic carbocycles. The molecule has 206 valence electrons. The number of piperidine rings is 2. The van der Waals surface area contributed by atoms with Crippen LogP contribution in [0.2, 0.25) is 0 Å². The van der Waals surface area contributed by atoms with Crippen molar-refractivity contribution >= 4 is 28.9 Å². The van der Waals surface area contributed by atoms with Gasteiger partial charge in [-0.25, -0.2) is 13.8 Å². The average Bonchev–Trinajstić information content (AvgIpc) is 3.63. The van der Waals surface area contributed by atoms with Crippen LogP contribution in [0.5, 0.6) is 0 Å². The van der Waals surface area contributed by atoms with Crippen molar-refractivity contribution in [3.8, 4) is 0 Å². The minimum absolute atomic E-state index is 0.0426. The highest BCUT2D eigenvalue weighted by Crippen LogP contribution is 2.54. The number of anilines is 4. The van der Waals surface area contributed by atoms with Crippen molar-refractivity contribution in [2.45, 2.75) is 70.8 Å². The Morgan fingerprint density at radius 1 is 1.00 bits per heavy atom. The van der Waals surface area contributed by atoms with Crippen molar-refractivity contribution in [2.75, 3.05) is 53.2 Å². The van der Waals surface area contributed by atoms with Crippen molar-refractivity contribution in [2.24, 2.45) is 5.41 Å². The van der Waals surface area contributed by atoms with E-state index in [1.165, 1.54) is 12.8 Å². The fourth-order valence-electron chi connectivity index (χ4n) is 5.48. The molecule has 0 unspecified atom stereocenters. The zero-order chi connectivity index (χ0) is 27.1. The maximum Gasteiger partial charge on any atom is 0.255 e. The van der Waals surface area contributed by atoms with Crippen LogP contribution in [0.1, 0.15) is 68.3 Å². The summed E-state index contributed by atoms with van der Waals surface area (Å²) >= 11 is 0. The molecular weight excluding hydrogens is 488 g/mol. The van der Waals surface area contributed by atoms with Crippen LogP contribution in [0.15, 0.2) is 30.3 Å². The second-order valence-corrected chi connectivity index (χ2v) is 12.1. The first-order valence-electron chi connectivity index (χ1n) is 13.7. The van der Waals surface area contributed by atoms with E-state index in [0.717, 1.165) is 43.0 Å². The van der Waals surface area contributed by atoms with Gasteiger partial charge in [0.2, 0.25) is 0 Å². The standard InChI is InChI=1S/C29H39F2N5O2/c1-20-16-21(18-22(17-20)35-14-10-29(30,31)11-15-35)26(38)32-23-4-5-24(34-27(2,3)19-37)33-25(23)36-12-8-28(6-7-28)9-13-36/h4-5,16-18,37H,6-15,19H2,1-3H3,(H,32,38)(H,33,34). The molecule has 2 aromatic rings. The maximum absolute atomic E-state index is 13.7. The number of aliphatic hydroxyl groups is 1. The molecular formula is C29H39F2N5O2. The molecule has 1 aromatic heterocycles. The number of aliphatic hydroxyl groups excluding tert-OH is 1. The molecule has 1 amide bonds. The van der Waals surface area contributed by atoms with Gasteiger partial charge in [-0.2, -0.15) is 0 Å². The van der Waals surface area contributed by atoms with E-state index in [0.29, 0.717) is 22.5 Å². The summed E-state index contributed by atoms with van der Waals surface area (Å²) in [5.41, 5.74) is 2.79. The third-order valence-corrected chi connectivity index (χ3v) is 8.25. The number of hydrogen-bond acceptors (Lipinski definition) is 6. The lowest BCUT2D eigenvalue weighted by Crippen LogP contribution is -2.39. The molecule has 0 radical (unpaired) electrons. The molecule has 5 rings (SSSR count). The van der Waals surface area contributed by atoms with Crippen LogP contribution in [-0.2, 0) is 0 Å². The number of aromatic nitrogens is 1. The first-order valence-corrected chi connectivity index (χ1v) is 13.7. The number of amides is 1. The largest absolute Gasteiger partial charge is 0.394 e. The molecule has 3 aliphatic rings. The zero-order valence-corrected chi connectivity index (χ0v) is 22.6. The van der Waals surface area contributed by atoms with Gasteiger partial charge in [0.1, 0.15) is 5.82 Å². The molecule has 7 nitrogen and oxygen atoms in total. The minimum atomic E-state index is -2.62. The van der Waals surface area contributed by atoms with Crippen molar-refractivity contribution < 1.29 is 18.7 Å². The first-order chi connectivity index (χ1) is 18.0. The predicted molar refractivity (Wildman–Crippen MR) is 148 cm³/mol. The number of rotatable bonds is 7. The smallest absolute Gasteiger partial charge is 0.255 e. The van der Waals surface area contributed by atoms with Crippen molar-refractivity contribution in [3.05, 3.63) is 41.5 Å². The summed E-state index contributed by atoms with van der Waals surface area (Å²) in [7, 11) is 0. The van der Waals surface area contributed by atoms with E-state index in [1.807, 2.05) is 49.9 Å². The Kier molecular flexibility index (Phi) is 7.00. The number of halogens is 2. The van der Waals surface area contributed by atoms with E-state index >= 15 is 0 Å². The van der Waals surface area contributed by atoms with Crippen LogP contribution >= 0.6 is 0 Å². The number of carbonyl (C=O) groups is 1. The lowest BCUT2D eigenvalue weighted by Gasteiger charge is -2.35. The number of carbonyl (C=O) groups excluding carboxylic acids is 1. The average molecular weight is 528 g/mol. The number of pyridine rings is 1. The van der Waals surface area contributed by atoms with Gasteiger partial charge in [0.15, 0.2) is 5.82 Å². The van der Waals surface area contributed by atoms with Crippen LogP contribution in [-0.4, -0.2) is 60.2 Å². The number of alkyl halides is 2. The van der Waals surface area contributed by atoms with Crippen LogP contribution in [0.25, 0.3) is 0 Å². The van der Waals surface area contributed by atoms with Gasteiger partial charge in [0, 0.05) is 50.3 Å². The van der Waals surface area contributed by atoms with Gasteiger partial charge >= 0.3 is 0 Å². The molecule has 3 heterocycles. The number of nitrogens with zero attached hydrogens (tertiary/aromatic N) is 3. The third kappa shape index (κ3) is 6.03. The predicted octanol–water partition coefficient (Wildman–Crippen LogP) is 5.44. The first kappa shape index (κ1) is 26.7. The zero-order valence-electron chi connectivity index (χ0n) is 22.6. The summed E-state index contributed by atoms with van der Waals surface area (Å²) in [6.45, 7) is 7.98. The SMILES string of the molecule is Cc1cc(C(=O)Nc2ccc(NC(C)(C)CO)nc2N2CCC3(CC2)CC3)cc(N2CCC(F)(F)CC2)c1. The topological polar surface area (TPSA) is 80.7 Å². The monoisotopic (exact) mass is 527 g/mol. The third-order valence-electron chi connectivity index (χ3n) is 8.25. The fourth-order valence-corrected chi connectivity index (χ4v) is 5.48. The van der Waals surface area contributed by atoms with Crippen LogP contribution in [0.3, 0.4) is 0 Å². The van der Waals surface area contributed by atoms with E-state index in [4.69, 9.17) is 4.98 Å². The Morgan fingerprint density at radius 3 is 2.29 bits per heavy atom. The molecule has 0 atom stereocenters. The second-order valence-electron chi connectivity index (χ2n) is 12.1. The Labute approximate surface area is 223 Å². The van der Waals surface area contributed by atoms with E-state index < -0.39 is 11.5 Å². The van der Waals surface area contributed by atoms with Crippen molar-refractivity contribution in [1.82, 2.24) is 4.98 Å². The van der Waals surface area contributed by atoms with Crippen molar-refractivity contribution in [1.29, 1.82) is 0 Å². The van der Waals surface area contributed by atoms with Gasteiger partial charge in [0.25, 0.3) is 11.8 Å². The van der Waals surface area contributed by atoms with E-state index in [1.54, 1.807) is 6.07 Å². The number of benzene rings is 1. The minimum Gasteiger partial charge on any atom is -0.394 e. The number of nitrogens with one attached hydrogen (secondary N) is 2. The van der Waals surface area contributed by atoms with E-state index in [9.17, 15) is 18.7 Å². The Balaban J connectivity index is 1.38. The van der Waals surface area contributed by atoms with Gasteiger partial charge in [-0.05, 0) is 87.8 Å². The molecule has 9 heteroatoms. The normalized spacial score (nSPS) is 20.4. The van der Waals surface area contributed by atoms with Crippen LogP contribution < -0.4 is 20.4 Å².